The molecule has 1 unspecified atom stereocenters. The fraction of sp³-hybridized carbons (Fsp3) is 0.250. The molecule has 3 nitrogen and oxygen atoms in total. The van der Waals surface area contributed by atoms with Crippen LogP contribution in [0.2, 0.25) is 0 Å². The number of aliphatic hydroxyl groups is 1. The molecule has 0 spiro atoms. The molecule has 1 atom stereocenters. The molecule has 0 amide bonds. The Morgan fingerprint density at radius 1 is 1.41 bits per heavy atom. The van der Waals surface area contributed by atoms with E-state index >= 15 is 0 Å². The Balaban J connectivity index is 2.20. The minimum Gasteiger partial charge on any atom is -0.388 e. The van der Waals surface area contributed by atoms with Crippen LogP contribution < -0.4 is 0 Å². The smallest absolute Gasteiger partial charge is 0.164 e. The number of aryl methyl sites for hydroxylation is 1. The van der Waals surface area contributed by atoms with Gasteiger partial charge in [0.2, 0.25) is 0 Å². The minimum atomic E-state index is -1.07. The third-order valence-electron chi connectivity index (χ3n) is 2.53. The van der Waals surface area contributed by atoms with E-state index in [1.54, 1.807) is 24.1 Å². The van der Waals surface area contributed by atoms with Crippen molar-refractivity contribution >= 4 is 0 Å². The standard InChI is InChI=1S/C12H12F2N2O/c1-16-7-8(6-15-16)5-11(17)9-3-2-4-10(13)12(9)14/h2-4,6-7,11,17H,5H2,1H3. The van der Waals surface area contributed by atoms with Crippen molar-refractivity contribution in [3.8, 4) is 0 Å². The van der Waals surface area contributed by atoms with Gasteiger partial charge in [0.1, 0.15) is 0 Å². The van der Waals surface area contributed by atoms with Crippen LogP contribution in [-0.2, 0) is 13.5 Å². The first kappa shape index (κ1) is 11.7. The van der Waals surface area contributed by atoms with Crippen molar-refractivity contribution in [1.82, 2.24) is 9.78 Å². The van der Waals surface area contributed by atoms with Gasteiger partial charge in [0.15, 0.2) is 11.6 Å². The average Bonchev–Trinajstić information content (AvgIpc) is 2.68. The highest BCUT2D eigenvalue weighted by atomic mass is 19.2. The van der Waals surface area contributed by atoms with Gasteiger partial charge in [-0.2, -0.15) is 5.10 Å². The highest BCUT2D eigenvalue weighted by Crippen LogP contribution is 2.22. The van der Waals surface area contributed by atoms with E-state index in [4.69, 9.17) is 0 Å². The molecule has 17 heavy (non-hydrogen) atoms. The van der Waals surface area contributed by atoms with E-state index in [-0.39, 0.29) is 12.0 Å². The van der Waals surface area contributed by atoms with Gasteiger partial charge in [-0.3, -0.25) is 4.68 Å². The van der Waals surface area contributed by atoms with Gasteiger partial charge in [0.25, 0.3) is 0 Å². The van der Waals surface area contributed by atoms with Crippen molar-refractivity contribution in [2.75, 3.05) is 0 Å². The third-order valence-corrected chi connectivity index (χ3v) is 2.53. The predicted octanol–water partition coefficient (Wildman–Crippen LogP) is 1.97. The maximum absolute atomic E-state index is 13.4. The monoisotopic (exact) mass is 238 g/mol. The molecule has 0 aliphatic rings. The Morgan fingerprint density at radius 3 is 2.82 bits per heavy atom. The van der Waals surface area contributed by atoms with E-state index in [0.29, 0.717) is 0 Å². The van der Waals surface area contributed by atoms with E-state index in [1.165, 1.54) is 12.1 Å². The Labute approximate surface area is 97.3 Å². The summed E-state index contributed by atoms with van der Waals surface area (Å²) in [5.74, 6) is -1.95. The van der Waals surface area contributed by atoms with Crippen LogP contribution in [0.25, 0.3) is 0 Å². The van der Waals surface area contributed by atoms with E-state index in [9.17, 15) is 13.9 Å². The first-order chi connectivity index (χ1) is 8.08. The molecule has 2 aromatic rings. The first-order valence-electron chi connectivity index (χ1n) is 5.17. The lowest BCUT2D eigenvalue weighted by atomic mass is 10.0. The molecule has 1 N–H and O–H groups in total. The van der Waals surface area contributed by atoms with Crippen molar-refractivity contribution in [3.63, 3.8) is 0 Å². The van der Waals surface area contributed by atoms with Crippen LogP contribution in [0.3, 0.4) is 0 Å². The van der Waals surface area contributed by atoms with Gasteiger partial charge in [0, 0.05) is 25.2 Å². The zero-order valence-electron chi connectivity index (χ0n) is 9.27. The van der Waals surface area contributed by atoms with Gasteiger partial charge in [-0.05, 0) is 11.6 Å². The zero-order chi connectivity index (χ0) is 12.4. The second kappa shape index (κ2) is 4.63. The van der Waals surface area contributed by atoms with Crippen LogP contribution >= 0.6 is 0 Å². The highest BCUT2D eigenvalue weighted by molar-refractivity contribution is 5.23. The molecular weight excluding hydrogens is 226 g/mol. The van der Waals surface area contributed by atoms with Crippen molar-refractivity contribution in [1.29, 1.82) is 0 Å². The molecule has 90 valence electrons. The second-order valence-corrected chi connectivity index (χ2v) is 3.89. The largest absolute Gasteiger partial charge is 0.388 e. The number of aliphatic hydroxyl groups excluding tert-OH is 1. The van der Waals surface area contributed by atoms with Crippen LogP contribution in [0, 0.1) is 11.6 Å². The Morgan fingerprint density at radius 2 is 2.18 bits per heavy atom. The molecule has 0 aliphatic heterocycles. The zero-order valence-corrected chi connectivity index (χ0v) is 9.27. The number of benzene rings is 1. The summed E-state index contributed by atoms with van der Waals surface area (Å²) in [6.07, 6.45) is 2.43. The second-order valence-electron chi connectivity index (χ2n) is 3.89. The van der Waals surface area contributed by atoms with Gasteiger partial charge >= 0.3 is 0 Å². The molecule has 2 rings (SSSR count). The average molecular weight is 238 g/mol. The number of aromatic nitrogens is 2. The van der Waals surface area contributed by atoms with Crippen molar-refractivity contribution < 1.29 is 13.9 Å². The molecule has 1 aromatic heterocycles. The quantitative estimate of drug-likeness (QED) is 0.887. The molecule has 1 heterocycles. The number of hydrogen-bond acceptors (Lipinski definition) is 2. The molecule has 0 saturated heterocycles. The molecule has 0 bridgehead atoms. The Hall–Kier alpha value is -1.75. The molecule has 0 fully saturated rings. The lowest BCUT2D eigenvalue weighted by molar-refractivity contribution is 0.172. The van der Waals surface area contributed by atoms with Crippen molar-refractivity contribution in [2.24, 2.45) is 7.05 Å². The molecule has 0 radical (unpaired) electrons. The van der Waals surface area contributed by atoms with Gasteiger partial charge in [-0.25, -0.2) is 8.78 Å². The van der Waals surface area contributed by atoms with E-state index in [0.717, 1.165) is 11.6 Å². The maximum Gasteiger partial charge on any atom is 0.164 e. The van der Waals surface area contributed by atoms with Gasteiger partial charge in [-0.1, -0.05) is 12.1 Å². The van der Waals surface area contributed by atoms with Crippen LogP contribution in [0.15, 0.2) is 30.6 Å². The topological polar surface area (TPSA) is 38.0 Å². The van der Waals surface area contributed by atoms with Crippen LogP contribution in [-0.4, -0.2) is 14.9 Å². The summed E-state index contributed by atoms with van der Waals surface area (Å²) >= 11 is 0. The van der Waals surface area contributed by atoms with E-state index in [1.807, 2.05) is 0 Å². The van der Waals surface area contributed by atoms with Crippen molar-refractivity contribution in [3.05, 3.63) is 53.4 Å². The number of hydrogen-bond donors (Lipinski definition) is 1. The molecule has 0 saturated carbocycles. The maximum atomic E-state index is 13.4. The summed E-state index contributed by atoms with van der Waals surface area (Å²) in [5.41, 5.74) is 0.734. The molecular formula is C12H12F2N2O. The first-order valence-corrected chi connectivity index (χ1v) is 5.17. The lowest BCUT2D eigenvalue weighted by Gasteiger charge is -2.10. The van der Waals surface area contributed by atoms with Gasteiger partial charge in [-0.15, -0.1) is 0 Å². The van der Waals surface area contributed by atoms with Crippen LogP contribution in [0.4, 0.5) is 8.78 Å². The van der Waals surface area contributed by atoms with Crippen LogP contribution in [0.5, 0.6) is 0 Å². The number of nitrogens with zero attached hydrogens (tertiary/aromatic N) is 2. The Bertz CT molecular complexity index is 525. The summed E-state index contributed by atoms with van der Waals surface area (Å²) in [5, 5.41) is 13.8. The van der Waals surface area contributed by atoms with Crippen molar-refractivity contribution in [2.45, 2.75) is 12.5 Å². The predicted molar refractivity (Wildman–Crippen MR) is 58.2 cm³/mol. The minimum absolute atomic E-state index is 0.0335. The van der Waals surface area contributed by atoms with E-state index < -0.39 is 17.7 Å². The number of rotatable bonds is 3. The van der Waals surface area contributed by atoms with Gasteiger partial charge < -0.3 is 5.11 Å². The third kappa shape index (κ3) is 2.50. The van der Waals surface area contributed by atoms with Gasteiger partial charge in [0.05, 0.1) is 12.3 Å². The SMILES string of the molecule is Cn1cc(CC(O)c2cccc(F)c2F)cn1. The summed E-state index contributed by atoms with van der Waals surface area (Å²) in [7, 11) is 1.75. The Kier molecular flexibility index (Phi) is 3.19. The fourth-order valence-corrected chi connectivity index (χ4v) is 1.69. The molecule has 5 heteroatoms. The fourth-order valence-electron chi connectivity index (χ4n) is 1.69. The van der Waals surface area contributed by atoms with Crippen LogP contribution in [0.1, 0.15) is 17.2 Å². The summed E-state index contributed by atoms with van der Waals surface area (Å²) in [6.45, 7) is 0. The molecule has 0 aliphatic carbocycles. The van der Waals surface area contributed by atoms with E-state index in [2.05, 4.69) is 5.10 Å². The lowest BCUT2D eigenvalue weighted by Crippen LogP contribution is -2.05. The normalized spacial score (nSPS) is 12.7. The highest BCUT2D eigenvalue weighted by Gasteiger charge is 2.16. The molecule has 1 aromatic carbocycles. The summed E-state index contributed by atoms with van der Waals surface area (Å²) < 4.78 is 28.0. The summed E-state index contributed by atoms with van der Waals surface area (Å²) in [4.78, 5) is 0. The number of halogens is 2. The summed E-state index contributed by atoms with van der Waals surface area (Å²) in [6, 6.07) is 3.77.